The van der Waals surface area contributed by atoms with Crippen LogP contribution in [0.1, 0.15) is 18.4 Å². The molecule has 0 heterocycles. The van der Waals surface area contributed by atoms with Gasteiger partial charge in [0.15, 0.2) is 0 Å². The Kier molecular flexibility index (Phi) is 4.63. The Balaban J connectivity index is 2.06. The summed E-state index contributed by atoms with van der Waals surface area (Å²) in [5, 5.41) is 0. The normalized spacial score (nSPS) is 15.2. The van der Waals surface area contributed by atoms with E-state index >= 15 is 0 Å². The Morgan fingerprint density at radius 1 is 1.35 bits per heavy atom. The van der Waals surface area contributed by atoms with E-state index in [9.17, 15) is 9.18 Å². The van der Waals surface area contributed by atoms with Gasteiger partial charge in [0.2, 0.25) is 0 Å². The first kappa shape index (κ1) is 15.2. The Bertz CT molecular complexity index is 490. The van der Waals surface area contributed by atoms with Crippen molar-refractivity contribution in [3.05, 3.63) is 29.6 Å². The summed E-state index contributed by atoms with van der Waals surface area (Å²) >= 11 is 0. The Labute approximate surface area is 121 Å². The molecule has 1 aliphatic rings. The molecule has 0 aliphatic heterocycles. The zero-order valence-corrected chi connectivity index (χ0v) is 13.5. The lowest BCUT2D eigenvalue weighted by molar-refractivity contribution is -0.116. The number of rotatable bonds is 7. The van der Waals surface area contributed by atoms with Gasteiger partial charge >= 0.3 is 0 Å². The Hall–Kier alpha value is -1.16. The van der Waals surface area contributed by atoms with Gasteiger partial charge in [0.1, 0.15) is 17.3 Å². The fourth-order valence-corrected chi connectivity index (χ4v) is 3.50. The number of ketones is 1. The maximum Gasteiger partial charge on any atom is 0.134 e. The highest BCUT2D eigenvalue weighted by Crippen LogP contribution is 2.31. The minimum absolute atomic E-state index is 0.116. The molecular weight excluding hydrogens is 271 g/mol. The molecule has 2 nitrogen and oxygen atoms in total. The molecule has 0 radical (unpaired) electrons. The second-order valence-electron chi connectivity index (χ2n) is 6.92. The standard InChI is InChI=1S/C16H23FO2Si/c1-20(2,3)11-13(18)9-14-15(17)5-4-6-16(14)19-10-12-7-8-12/h4-6,12H,7-11H2,1-3H3. The lowest BCUT2D eigenvalue weighted by Gasteiger charge is -2.16. The van der Waals surface area contributed by atoms with Gasteiger partial charge in [-0.05, 0) is 30.9 Å². The highest BCUT2D eigenvalue weighted by molar-refractivity contribution is 6.78. The van der Waals surface area contributed by atoms with Gasteiger partial charge < -0.3 is 4.74 Å². The minimum Gasteiger partial charge on any atom is -0.493 e. The topological polar surface area (TPSA) is 26.3 Å². The third kappa shape index (κ3) is 4.74. The van der Waals surface area contributed by atoms with Crippen molar-refractivity contribution in [2.45, 2.75) is 44.9 Å². The van der Waals surface area contributed by atoms with Crippen molar-refractivity contribution in [2.24, 2.45) is 5.92 Å². The molecule has 0 amide bonds. The van der Waals surface area contributed by atoms with Gasteiger partial charge in [-0.1, -0.05) is 25.7 Å². The van der Waals surface area contributed by atoms with Gasteiger partial charge in [-0.2, -0.15) is 0 Å². The third-order valence-corrected chi connectivity index (χ3v) is 4.80. The average molecular weight is 294 g/mol. The number of Topliss-reactive ketones (excluding diaryl/α,β-unsaturated/α-hetero) is 1. The lowest BCUT2D eigenvalue weighted by Crippen LogP contribution is -2.25. The zero-order valence-electron chi connectivity index (χ0n) is 12.5. The summed E-state index contributed by atoms with van der Waals surface area (Å²) in [7, 11) is -1.45. The Morgan fingerprint density at radius 2 is 2.05 bits per heavy atom. The van der Waals surface area contributed by atoms with Crippen LogP contribution in [-0.2, 0) is 11.2 Å². The first-order chi connectivity index (χ1) is 9.35. The van der Waals surface area contributed by atoms with Crippen LogP contribution in [-0.4, -0.2) is 20.5 Å². The van der Waals surface area contributed by atoms with Crippen LogP contribution in [0.25, 0.3) is 0 Å². The van der Waals surface area contributed by atoms with E-state index in [2.05, 4.69) is 19.6 Å². The number of ether oxygens (including phenoxy) is 1. The molecule has 0 unspecified atom stereocenters. The van der Waals surface area contributed by atoms with Crippen LogP contribution in [0.3, 0.4) is 0 Å². The largest absolute Gasteiger partial charge is 0.493 e. The summed E-state index contributed by atoms with van der Waals surface area (Å²) < 4.78 is 19.7. The van der Waals surface area contributed by atoms with Crippen molar-refractivity contribution in [3.63, 3.8) is 0 Å². The van der Waals surface area contributed by atoms with Crippen LogP contribution in [0.4, 0.5) is 4.39 Å². The summed E-state index contributed by atoms with van der Waals surface area (Å²) in [5.41, 5.74) is 0.427. The second-order valence-corrected chi connectivity index (χ2v) is 12.4. The van der Waals surface area contributed by atoms with Crippen LogP contribution < -0.4 is 4.74 Å². The minimum atomic E-state index is -1.45. The highest BCUT2D eigenvalue weighted by atomic mass is 28.3. The molecule has 4 heteroatoms. The quantitative estimate of drug-likeness (QED) is 0.709. The zero-order chi connectivity index (χ0) is 14.8. The molecule has 20 heavy (non-hydrogen) atoms. The van der Waals surface area contributed by atoms with E-state index in [1.54, 1.807) is 12.1 Å². The fourth-order valence-electron chi connectivity index (χ4n) is 2.19. The molecule has 1 fully saturated rings. The maximum atomic E-state index is 14.0. The van der Waals surface area contributed by atoms with Gasteiger partial charge in [-0.15, -0.1) is 0 Å². The van der Waals surface area contributed by atoms with Crippen molar-refractivity contribution in [3.8, 4) is 5.75 Å². The Morgan fingerprint density at radius 3 is 2.65 bits per heavy atom. The molecule has 1 aliphatic carbocycles. The van der Waals surface area contributed by atoms with E-state index in [1.165, 1.54) is 18.9 Å². The van der Waals surface area contributed by atoms with E-state index in [-0.39, 0.29) is 18.0 Å². The van der Waals surface area contributed by atoms with Crippen LogP contribution in [0.15, 0.2) is 18.2 Å². The molecule has 0 saturated heterocycles. The summed E-state index contributed by atoms with van der Waals surface area (Å²) in [6.07, 6.45) is 2.54. The molecule has 0 spiro atoms. The van der Waals surface area contributed by atoms with Crippen LogP contribution in [0, 0.1) is 11.7 Å². The van der Waals surface area contributed by atoms with Crippen molar-refractivity contribution in [1.29, 1.82) is 0 Å². The maximum absolute atomic E-state index is 14.0. The number of carbonyl (C=O) groups is 1. The SMILES string of the molecule is C[Si](C)(C)CC(=O)Cc1c(F)cccc1OCC1CC1. The van der Waals surface area contributed by atoms with E-state index in [4.69, 9.17) is 4.74 Å². The molecule has 0 bridgehead atoms. The van der Waals surface area contributed by atoms with Crippen LogP contribution in [0.5, 0.6) is 5.75 Å². The fraction of sp³-hybridized carbons (Fsp3) is 0.562. The van der Waals surface area contributed by atoms with Crippen molar-refractivity contribution < 1.29 is 13.9 Å². The van der Waals surface area contributed by atoms with Crippen LogP contribution >= 0.6 is 0 Å². The molecule has 1 aromatic rings. The molecule has 110 valence electrons. The van der Waals surface area contributed by atoms with Gasteiger partial charge in [0.05, 0.1) is 14.7 Å². The number of halogens is 1. The molecule has 1 saturated carbocycles. The van der Waals surface area contributed by atoms with Gasteiger partial charge in [-0.25, -0.2) is 4.39 Å². The third-order valence-electron chi connectivity index (χ3n) is 3.35. The first-order valence-corrected chi connectivity index (χ1v) is 11.0. The predicted octanol–water partition coefficient (Wildman–Crippen LogP) is 4.06. The van der Waals surface area contributed by atoms with Crippen LogP contribution in [0.2, 0.25) is 25.7 Å². The number of hydrogen-bond donors (Lipinski definition) is 0. The number of hydrogen-bond acceptors (Lipinski definition) is 2. The van der Waals surface area contributed by atoms with E-state index in [1.807, 2.05) is 0 Å². The molecule has 1 aromatic carbocycles. The number of carbonyl (C=O) groups excluding carboxylic acids is 1. The van der Waals surface area contributed by atoms with Crippen molar-refractivity contribution in [2.75, 3.05) is 6.61 Å². The van der Waals surface area contributed by atoms with Crippen molar-refractivity contribution >= 4 is 13.9 Å². The van der Waals surface area contributed by atoms with Gasteiger partial charge in [0.25, 0.3) is 0 Å². The predicted molar refractivity (Wildman–Crippen MR) is 81.5 cm³/mol. The summed E-state index contributed by atoms with van der Waals surface area (Å²) in [4.78, 5) is 12.1. The van der Waals surface area contributed by atoms with Gasteiger partial charge in [0, 0.05) is 18.0 Å². The summed E-state index contributed by atoms with van der Waals surface area (Å²) in [6.45, 7) is 7.09. The van der Waals surface area contributed by atoms with E-state index in [0.29, 0.717) is 29.9 Å². The summed E-state index contributed by atoms with van der Waals surface area (Å²) in [5.74, 6) is 0.942. The van der Waals surface area contributed by atoms with Crippen molar-refractivity contribution in [1.82, 2.24) is 0 Å². The first-order valence-electron chi connectivity index (χ1n) is 7.27. The van der Waals surface area contributed by atoms with E-state index in [0.717, 1.165) is 0 Å². The highest BCUT2D eigenvalue weighted by Gasteiger charge is 2.24. The molecular formula is C16H23FO2Si. The molecule has 0 N–H and O–H groups in total. The molecule has 2 rings (SSSR count). The average Bonchev–Trinajstić information content (AvgIpc) is 3.11. The second kappa shape index (κ2) is 6.08. The smallest absolute Gasteiger partial charge is 0.134 e. The van der Waals surface area contributed by atoms with E-state index < -0.39 is 8.07 Å². The monoisotopic (exact) mass is 294 g/mol. The molecule has 0 atom stereocenters. The molecule has 0 aromatic heterocycles. The van der Waals surface area contributed by atoms with Gasteiger partial charge in [-0.3, -0.25) is 4.79 Å². The number of benzene rings is 1. The summed E-state index contributed by atoms with van der Waals surface area (Å²) in [6, 6.07) is 5.40. The lowest BCUT2D eigenvalue weighted by atomic mass is 10.1.